The number of aromatic hydroxyl groups is 1. The topological polar surface area (TPSA) is 54.4 Å². The van der Waals surface area contributed by atoms with E-state index in [4.69, 9.17) is 11.6 Å². The molecule has 1 aromatic rings. The number of ketones is 1. The normalized spacial score (nSPS) is 9.86. The second-order valence-electron chi connectivity index (χ2n) is 2.56. The molecule has 0 radical (unpaired) electrons. The average Bonchev–Trinajstić information content (AvgIpc) is 2.15. The number of rotatable bonds is 3. The lowest BCUT2D eigenvalue weighted by molar-refractivity contribution is 0.0957. The molecule has 5 heteroatoms. The molecule has 0 aromatic heterocycles. The van der Waals surface area contributed by atoms with Crippen molar-refractivity contribution in [2.75, 3.05) is 6.67 Å². The van der Waals surface area contributed by atoms with Gasteiger partial charge in [0.2, 0.25) is 0 Å². The van der Waals surface area contributed by atoms with E-state index in [0.29, 0.717) is 0 Å². The molecule has 0 atom stereocenters. The van der Waals surface area contributed by atoms with Gasteiger partial charge in [0.15, 0.2) is 12.5 Å². The molecule has 0 saturated carbocycles. The van der Waals surface area contributed by atoms with Crippen molar-refractivity contribution in [2.24, 2.45) is 0 Å². The van der Waals surface area contributed by atoms with Crippen LogP contribution in [0.4, 0.5) is 4.39 Å². The summed E-state index contributed by atoms with van der Waals surface area (Å²) < 4.78 is 11.9. The van der Waals surface area contributed by atoms with Crippen molar-refractivity contribution in [2.45, 2.75) is 0 Å². The van der Waals surface area contributed by atoms with Gasteiger partial charge in [-0.1, -0.05) is 6.07 Å². The summed E-state index contributed by atoms with van der Waals surface area (Å²) in [7, 11) is 0. The lowest BCUT2D eigenvalue weighted by Crippen LogP contribution is -2.01. The van der Waals surface area contributed by atoms with E-state index in [0.717, 1.165) is 6.07 Å². The molecule has 1 aromatic carbocycles. The lowest BCUT2D eigenvalue weighted by Gasteiger charge is -2.01. The Bertz CT molecular complexity index is 390. The van der Waals surface area contributed by atoms with Crippen LogP contribution in [0.2, 0.25) is 0 Å². The zero-order valence-electron chi connectivity index (χ0n) is 6.96. The zero-order chi connectivity index (χ0) is 10.7. The average molecular weight is 217 g/mol. The van der Waals surface area contributed by atoms with Crippen molar-refractivity contribution in [1.82, 2.24) is 0 Å². The Kier molecular flexibility index (Phi) is 3.19. The fourth-order valence-corrected chi connectivity index (χ4v) is 1.11. The minimum Gasteiger partial charge on any atom is -0.507 e. The van der Waals surface area contributed by atoms with Gasteiger partial charge in [0, 0.05) is 5.56 Å². The van der Waals surface area contributed by atoms with E-state index in [9.17, 15) is 19.1 Å². The van der Waals surface area contributed by atoms with Crippen LogP contribution in [0.1, 0.15) is 20.7 Å². The van der Waals surface area contributed by atoms with Gasteiger partial charge >= 0.3 is 0 Å². The van der Waals surface area contributed by atoms with Gasteiger partial charge in [-0.2, -0.15) is 0 Å². The number of halogens is 2. The van der Waals surface area contributed by atoms with Gasteiger partial charge in [0.25, 0.3) is 5.24 Å². The number of benzene rings is 1. The monoisotopic (exact) mass is 216 g/mol. The van der Waals surface area contributed by atoms with Crippen molar-refractivity contribution in [1.29, 1.82) is 0 Å². The van der Waals surface area contributed by atoms with Gasteiger partial charge in [0.1, 0.15) is 5.75 Å². The van der Waals surface area contributed by atoms with E-state index in [1.54, 1.807) is 0 Å². The molecule has 3 nitrogen and oxygen atoms in total. The highest BCUT2D eigenvalue weighted by atomic mass is 35.5. The quantitative estimate of drug-likeness (QED) is 0.620. The maximum Gasteiger partial charge on any atom is 0.256 e. The number of phenols is 1. The van der Waals surface area contributed by atoms with E-state index in [1.807, 2.05) is 0 Å². The molecule has 0 heterocycles. The summed E-state index contributed by atoms with van der Waals surface area (Å²) in [5.41, 5.74) is -0.103. The van der Waals surface area contributed by atoms with E-state index in [1.165, 1.54) is 12.1 Å². The van der Waals surface area contributed by atoms with Gasteiger partial charge in [-0.15, -0.1) is 0 Å². The highest BCUT2D eigenvalue weighted by molar-refractivity contribution is 6.68. The number of alkyl halides is 1. The first-order valence-corrected chi connectivity index (χ1v) is 4.06. The first kappa shape index (κ1) is 10.7. The molecule has 0 fully saturated rings. The second kappa shape index (κ2) is 4.19. The van der Waals surface area contributed by atoms with Crippen molar-refractivity contribution in [3.8, 4) is 5.75 Å². The number of carbonyl (C=O) groups is 2. The molecule has 0 aliphatic rings. The van der Waals surface area contributed by atoms with Crippen LogP contribution in [0.15, 0.2) is 18.2 Å². The Hall–Kier alpha value is -1.42. The maximum atomic E-state index is 11.9. The molecule has 1 rings (SSSR count). The highest BCUT2D eigenvalue weighted by Gasteiger charge is 2.12. The first-order valence-electron chi connectivity index (χ1n) is 3.68. The van der Waals surface area contributed by atoms with Crippen molar-refractivity contribution < 1.29 is 19.1 Å². The number of hydrogen-bond donors (Lipinski definition) is 1. The van der Waals surface area contributed by atoms with E-state index in [-0.39, 0.29) is 11.1 Å². The molecular weight excluding hydrogens is 211 g/mol. The Labute approximate surface area is 84.1 Å². The smallest absolute Gasteiger partial charge is 0.256 e. The van der Waals surface area contributed by atoms with Crippen LogP contribution in [0.3, 0.4) is 0 Å². The van der Waals surface area contributed by atoms with Crippen LogP contribution < -0.4 is 0 Å². The molecule has 0 aliphatic carbocycles. The number of carbonyl (C=O) groups excluding carboxylic acids is 2. The zero-order valence-corrected chi connectivity index (χ0v) is 7.71. The van der Waals surface area contributed by atoms with E-state index < -0.39 is 23.4 Å². The molecule has 0 amide bonds. The van der Waals surface area contributed by atoms with Crippen LogP contribution in [0.5, 0.6) is 5.75 Å². The number of Topliss-reactive ketones (excluding diaryl/α,β-unsaturated/α-hetero) is 1. The first-order chi connectivity index (χ1) is 6.56. The summed E-state index contributed by atoms with van der Waals surface area (Å²) in [5, 5.41) is 8.39. The third-order valence-electron chi connectivity index (χ3n) is 1.65. The van der Waals surface area contributed by atoms with Crippen LogP contribution in [-0.2, 0) is 0 Å². The summed E-state index contributed by atoms with van der Waals surface area (Å²) >= 11 is 5.12. The van der Waals surface area contributed by atoms with Crippen LogP contribution in [0.25, 0.3) is 0 Å². The summed E-state index contributed by atoms with van der Waals surface area (Å²) in [4.78, 5) is 21.5. The summed E-state index contributed by atoms with van der Waals surface area (Å²) in [6, 6.07) is 3.42. The van der Waals surface area contributed by atoms with Crippen LogP contribution in [-0.4, -0.2) is 22.8 Å². The molecule has 0 saturated heterocycles. The molecule has 0 unspecified atom stereocenters. The number of hydrogen-bond acceptors (Lipinski definition) is 3. The molecule has 0 aliphatic heterocycles. The maximum absolute atomic E-state index is 11.9. The third kappa shape index (κ3) is 2.09. The summed E-state index contributed by atoms with van der Waals surface area (Å²) in [6.45, 7) is -1.15. The molecule has 0 bridgehead atoms. The van der Waals surface area contributed by atoms with Crippen LogP contribution >= 0.6 is 11.6 Å². The van der Waals surface area contributed by atoms with Gasteiger partial charge in [-0.05, 0) is 23.7 Å². The Morgan fingerprint density at radius 1 is 1.43 bits per heavy atom. The fraction of sp³-hybridized carbons (Fsp3) is 0.111. The minimum atomic E-state index is -1.15. The highest BCUT2D eigenvalue weighted by Crippen LogP contribution is 2.20. The Morgan fingerprint density at radius 3 is 2.50 bits per heavy atom. The van der Waals surface area contributed by atoms with E-state index >= 15 is 0 Å². The molecule has 14 heavy (non-hydrogen) atoms. The SMILES string of the molecule is O=C(CF)c1ccc(C(=O)Cl)c(O)c1. The predicted octanol–water partition coefficient (Wildman–Crippen LogP) is 1.92. The standard InChI is InChI=1S/C9H6ClFO3/c10-9(14)6-2-1-5(3-7(6)12)8(13)4-11/h1-3,12H,4H2. The lowest BCUT2D eigenvalue weighted by atomic mass is 10.1. The molecule has 1 N–H and O–H groups in total. The minimum absolute atomic E-state index is 0.00617. The largest absolute Gasteiger partial charge is 0.507 e. The third-order valence-corrected chi connectivity index (χ3v) is 1.86. The Morgan fingerprint density at radius 2 is 2.07 bits per heavy atom. The predicted molar refractivity (Wildman–Crippen MR) is 48.6 cm³/mol. The molecule has 0 spiro atoms. The van der Waals surface area contributed by atoms with Gasteiger partial charge in [0.05, 0.1) is 5.56 Å². The van der Waals surface area contributed by atoms with Crippen molar-refractivity contribution in [3.63, 3.8) is 0 Å². The summed E-state index contributed by atoms with van der Waals surface area (Å²) in [5.74, 6) is -1.18. The second-order valence-corrected chi connectivity index (χ2v) is 2.91. The van der Waals surface area contributed by atoms with Crippen LogP contribution in [0, 0.1) is 0 Å². The number of phenolic OH excluding ortho intramolecular Hbond substituents is 1. The van der Waals surface area contributed by atoms with Gasteiger partial charge in [-0.3, -0.25) is 9.59 Å². The van der Waals surface area contributed by atoms with Crippen molar-refractivity contribution >= 4 is 22.6 Å². The molecule has 74 valence electrons. The molecular formula is C9H6ClFO3. The fourth-order valence-electron chi connectivity index (χ4n) is 0.948. The summed E-state index contributed by atoms with van der Waals surface area (Å²) in [6.07, 6.45) is 0. The van der Waals surface area contributed by atoms with Gasteiger partial charge < -0.3 is 5.11 Å². The van der Waals surface area contributed by atoms with Gasteiger partial charge in [-0.25, -0.2) is 4.39 Å². The van der Waals surface area contributed by atoms with Crippen molar-refractivity contribution in [3.05, 3.63) is 29.3 Å². The van der Waals surface area contributed by atoms with E-state index in [2.05, 4.69) is 0 Å². The Balaban J connectivity index is 3.12.